The molecule has 3 heteroatoms. The molecule has 0 saturated heterocycles. The van der Waals surface area contributed by atoms with Crippen LogP contribution in [0.1, 0.15) is 0 Å². The van der Waals surface area contributed by atoms with Crippen LogP contribution in [-0.2, 0) is 0 Å². The maximum Gasteiger partial charge on any atom is 0.0547 e. The Morgan fingerprint density at radius 1 is 0.382 bits per heavy atom. The zero-order valence-corrected chi connectivity index (χ0v) is 30.7. The quantitative estimate of drug-likeness (QED) is 0.166. The summed E-state index contributed by atoms with van der Waals surface area (Å²) in [7, 11) is 0. The highest BCUT2D eigenvalue weighted by Gasteiger charge is 2.19. The third-order valence-corrected chi connectivity index (χ3v) is 12.1. The fraction of sp³-hybridized carbons (Fsp3) is 0. The van der Waals surface area contributed by atoms with Crippen LogP contribution in [-0.4, -0.2) is 4.57 Å². The van der Waals surface area contributed by atoms with E-state index in [2.05, 4.69) is 216 Å². The van der Waals surface area contributed by atoms with Gasteiger partial charge < -0.3 is 9.47 Å². The van der Waals surface area contributed by atoms with Gasteiger partial charge in [0.25, 0.3) is 0 Å². The molecule has 258 valence electrons. The van der Waals surface area contributed by atoms with Crippen molar-refractivity contribution in [2.75, 3.05) is 4.90 Å². The van der Waals surface area contributed by atoms with E-state index in [0.717, 1.165) is 17.1 Å². The maximum absolute atomic E-state index is 2.41. The topological polar surface area (TPSA) is 8.17 Å². The highest BCUT2D eigenvalue weighted by atomic mass is 32.1. The minimum Gasteiger partial charge on any atom is -0.310 e. The van der Waals surface area contributed by atoms with E-state index in [-0.39, 0.29) is 0 Å². The molecule has 11 aromatic rings. The summed E-state index contributed by atoms with van der Waals surface area (Å²) < 4.78 is 4.99. The molecule has 0 bridgehead atoms. The zero-order valence-electron chi connectivity index (χ0n) is 29.9. The van der Waals surface area contributed by atoms with Crippen LogP contribution in [0.2, 0.25) is 0 Å². The maximum atomic E-state index is 2.41. The molecule has 0 aliphatic rings. The highest BCUT2D eigenvalue weighted by Crippen LogP contribution is 2.44. The van der Waals surface area contributed by atoms with E-state index in [1.165, 1.54) is 80.7 Å². The number of rotatable bonds is 6. The monoisotopic (exact) mass is 718 g/mol. The van der Waals surface area contributed by atoms with Gasteiger partial charge in [0.2, 0.25) is 0 Å². The predicted molar refractivity (Wildman–Crippen MR) is 237 cm³/mol. The van der Waals surface area contributed by atoms with Crippen LogP contribution in [0, 0.1) is 0 Å². The number of nitrogens with zero attached hydrogens (tertiary/aromatic N) is 2. The molecule has 0 saturated carbocycles. The summed E-state index contributed by atoms with van der Waals surface area (Å²) in [5.41, 5.74) is 11.8. The van der Waals surface area contributed by atoms with Crippen LogP contribution in [0.4, 0.5) is 17.1 Å². The molecular weight excluding hydrogens is 685 g/mol. The van der Waals surface area contributed by atoms with Gasteiger partial charge in [0.1, 0.15) is 0 Å². The standard InChI is InChI=1S/C52H34N2S/c1-3-13-36(14-4-1)42-17-7-10-20-47(42)53(41-30-31-44-43-18-9-12-22-50(43)55-51(44)34-41)40-28-25-35(26-29-40)38-24-23-37-27-32-49-52(46(37)33-38)45-19-8-11-21-48(45)54(49)39-15-5-2-6-16-39/h1-34H. The summed E-state index contributed by atoms with van der Waals surface area (Å²) in [6.07, 6.45) is 0. The Labute approximate surface area is 323 Å². The van der Waals surface area contributed by atoms with Gasteiger partial charge in [0.15, 0.2) is 0 Å². The van der Waals surface area contributed by atoms with Gasteiger partial charge in [-0.25, -0.2) is 0 Å². The average molecular weight is 719 g/mol. The second kappa shape index (κ2) is 12.9. The Morgan fingerprint density at radius 3 is 1.89 bits per heavy atom. The lowest BCUT2D eigenvalue weighted by molar-refractivity contribution is 1.18. The van der Waals surface area contributed by atoms with Crippen molar-refractivity contribution in [1.29, 1.82) is 0 Å². The molecule has 9 aromatic carbocycles. The Bertz CT molecular complexity index is 3190. The van der Waals surface area contributed by atoms with Crippen molar-refractivity contribution in [3.05, 3.63) is 206 Å². The molecule has 2 aromatic heterocycles. The molecule has 55 heavy (non-hydrogen) atoms. The molecule has 0 atom stereocenters. The number of hydrogen-bond acceptors (Lipinski definition) is 2. The molecular formula is C52H34N2S. The Morgan fingerprint density at radius 2 is 1.04 bits per heavy atom. The fourth-order valence-electron chi connectivity index (χ4n) is 8.44. The molecule has 11 rings (SSSR count). The van der Waals surface area contributed by atoms with Crippen molar-refractivity contribution in [1.82, 2.24) is 4.57 Å². The molecule has 2 heterocycles. The van der Waals surface area contributed by atoms with Crippen molar-refractivity contribution in [3.63, 3.8) is 0 Å². The van der Waals surface area contributed by atoms with E-state index in [0.29, 0.717) is 0 Å². The second-order valence-electron chi connectivity index (χ2n) is 14.1. The van der Waals surface area contributed by atoms with Crippen LogP contribution in [0.3, 0.4) is 0 Å². The number of fused-ring (bicyclic) bond motifs is 8. The number of aromatic nitrogens is 1. The average Bonchev–Trinajstić information content (AvgIpc) is 3.80. The number of para-hydroxylation sites is 3. The second-order valence-corrected chi connectivity index (χ2v) is 15.2. The number of hydrogen-bond donors (Lipinski definition) is 0. The van der Waals surface area contributed by atoms with Crippen LogP contribution in [0.25, 0.3) is 80.7 Å². The first-order chi connectivity index (χ1) is 27.3. The minimum atomic E-state index is 1.11. The SMILES string of the molecule is c1ccc(-c2ccccc2N(c2ccc(-c3ccc4ccc5c(c4c3)c3ccccc3n5-c3ccccc3)cc2)c2ccc3c(c2)sc2ccccc23)cc1. The Hall–Kier alpha value is -6.94. The lowest BCUT2D eigenvalue weighted by Crippen LogP contribution is -2.11. The lowest BCUT2D eigenvalue weighted by atomic mass is 9.97. The van der Waals surface area contributed by atoms with E-state index >= 15 is 0 Å². The van der Waals surface area contributed by atoms with E-state index in [1.54, 1.807) is 0 Å². The summed E-state index contributed by atoms with van der Waals surface area (Å²) in [6, 6.07) is 75.1. The van der Waals surface area contributed by atoms with Gasteiger partial charge in [-0.2, -0.15) is 0 Å². The number of thiophene rings is 1. The molecule has 2 nitrogen and oxygen atoms in total. The first-order valence-electron chi connectivity index (χ1n) is 18.8. The van der Waals surface area contributed by atoms with Crippen molar-refractivity contribution < 1.29 is 0 Å². The molecule has 0 fully saturated rings. The highest BCUT2D eigenvalue weighted by molar-refractivity contribution is 7.25. The minimum absolute atomic E-state index is 1.11. The summed E-state index contributed by atoms with van der Waals surface area (Å²) in [5, 5.41) is 7.67. The van der Waals surface area contributed by atoms with Crippen molar-refractivity contribution >= 4 is 81.1 Å². The summed E-state index contributed by atoms with van der Waals surface area (Å²) in [4.78, 5) is 2.41. The van der Waals surface area contributed by atoms with Gasteiger partial charge in [-0.05, 0) is 94.2 Å². The van der Waals surface area contributed by atoms with Crippen LogP contribution >= 0.6 is 11.3 Å². The van der Waals surface area contributed by atoms with E-state index in [9.17, 15) is 0 Å². The smallest absolute Gasteiger partial charge is 0.0547 e. The molecule has 0 spiro atoms. The van der Waals surface area contributed by atoms with Gasteiger partial charge >= 0.3 is 0 Å². The van der Waals surface area contributed by atoms with Crippen LogP contribution in [0.5, 0.6) is 0 Å². The van der Waals surface area contributed by atoms with Crippen LogP contribution in [0.15, 0.2) is 206 Å². The van der Waals surface area contributed by atoms with Crippen molar-refractivity contribution in [2.24, 2.45) is 0 Å². The normalized spacial score (nSPS) is 11.6. The molecule has 0 radical (unpaired) electrons. The van der Waals surface area contributed by atoms with E-state index in [4.69, 9.17) is 0 Å². The summed E-state index contributed by atoms with van der Waals surface area (Å²) in [6.45, 7) is 0. The van der Waals surface area contributed by atoms with Gasteiger partial charge in [-0.1, -0.05) is 140 Å². The first-order valence-corrected chi connectivity index (χ1v) is 19.6. The summed E-state index contributed by atoms with van der Waals surface area (Å²) >= 11 is 1.86. The third kappa shape index (κ3) is 5.24. The lowest BCUT2D eigenvalue weighted by Gasteiger charge is -2.28. The Kier molecular flexibility index (Phi) is 7.39. The van der Waals surface area contributed by atoms with Gasteiger partial charge in [-0.3, -0.25) is 0 Å². The first kappa shape index (κ1) is 31.6. The number of benzene rings is 9. The largest absolute Gasteiger partial charge is 0.310 e. The molecule has 0 aliphatic heterocycles. The molecule has 0 N–H and O–H groups in total. The Balaban J connectivity index is 1.06. The van der Waals surface area contributed by atoms with Gasteiger partial charge in [0, 0.05) is 53.6 Å². The van der Waals surface area contributed by atoms with Crippen LogP contribution < -0.4 is 4.90 Å². The van der Waals surface area contributed by atoms with E-state index in [1.807, 2.05) is 11.3 Å². The molecule has 0 unspecified atom stereocenters. The molecule has 0 aliphatic carbocycles. The van der Waals surface area contributed by atoms with Crippen molar-refractivity contribution in [3.8, 4) is 27.9 Å². The zero-order chi connectivity index (χ0) is 36.3. The summed E-state index contributed by atoms with van der Waals surface area (Å²) in [5.74, 6) is 0. The molecule has 0 amide bonds. The predicted octanol–water partition coefficient (Wildman–Crippen LogP) is 15.1. The fourth-order valence-corrected chi connectivity index (χ4v) is 9.58. The van der Waals surface area contributed by atoms with Crippen molar-refractivity contribution in [2.45, 2.75) is 0 Å². The number of anilines is 3. The third-order valence-electron chi connectivity index (χ3n) is 11.0. The van der Waals surface area contributed by atoms with E-state index < -0.39 is 0 Å². The van der Waals surface area contributed by atoms with Gasteiger partial charge in [0.05, 0.1) is 16.7 Å². The van der Waals surface area contributed by atoms with Gasteiger partial charge in [-0.15, -0.1) is 11.3 Å².